The summed E-state index contributed by atoms with van der Waals surface area (Å²) >= 11 is 0. The molecule has 160 valence electrons. The lowest BCUT2D eigenvalue weighted by Gasteiger charge is -2.25. The maximum Gasteiger partial charge on any atom is 0.407 e. The highest BCUT2D eigenvalue weighted by atomic mass is 16.5. The van der Waals surface area contributed by atoms with Crippen molar-refractivity contribution in [1.82, 2.24) is 15.0 Å². The number of nitrogens with two attached hydrogens (primary N) is 1. The highest BCUT2D eigenvalue weighted by Gasteiger charge is 2.50. The van der Waals surface area contributed by atoms with Gasteiger partial charge in [-0.1, -0.05) is 5.16 Å². The average molecular weight is 422 g/mol. The van der Waals surface area contributed by atoms with Gasteiger partial charge in [0.15, 0.2) is 5.69 Å². The van der Waals surface area contributed by atoms with Gasteiger partial charge in [0.05, 0.1) is 6.10 Å². The van der Waals surface area contributed by atoms with E-state index >= 15 is 0 Å². The lowest BCUT2D eigenvalue weighted by molar-refractivity contribution is 0.0991. The summed E-state index contributed by atoms with van der Waals surface area (Å²) in [5.41, 5.74) is 5.28. The lowest BCUT2D eigenvalue weighted by Crippen LogP contribution is -2.39. The average Bonchev–Trinajstić information content (AvgIpc) is 3.44. The molecular weight excluding hydrogens is 400 g/mol. The Morgan fingerprint density at radius 2 is 2.10 bits per heavy atom. The molecule has 1 aliphatic heterocycles. The summed E-state index contributed by atoms with van der Waals surface area (Å²) in [6, 6.07) is 9.12. The lowest BCUT2D eigenvalue weighted by atomic mass is 9.91. The molecule has 0 spiro atoms. The number of pyridine rings is 1. The van der Waals surface area contributed by atoms with Crippen molar-refractivity contribution in [3.63, 3.8) is 0 Å². The molecule has 9 heteroatoms. The summed E-state index contributed by atoms with van der Waals surface area (Å²) in [4.78, 5) is 28.7. The molecule has 3 aromatic rings. The Labute approximate surface area is 177 Å². The van der Waals surface area contributed by atoms with Gasteiger partial charge in [0.25, 0.3) is 5.91 Å². The number of fused-ring (bicyclic) bond motifs is 2. The minimum atomic E-state index is -0.949. The number of likely N-dealkylation sites (tertiary alicyclic amines) is 1. The SMILES string of the molecule is NC(=O)c1cc(CC2[C@H]3C[C@@H](Oc4ccc5cnccc5c4)C[C@H]3CN2C(=O)O)on1. The van der Waals surface area contributed by atoms with E-state index in [2.05, 4.69) is 10.1 Å². The Morgan fingerprint density at radius 1 is 1.23 bits per heavy atom. The molecule has 9 nitrogen and oxygen atoms in total. The van der Waals surface area contributed by atoms with Crippen molar-refractivity contribution in [2.45, 2.75) is 31.4 Å². The first kappa shape index (κ1) is 19.3. The maximum absolute atomic E-state index is 11.8. The van der Waals surface area contributed by atoms with Gasteiger partial charge in [-0.2, -0.15) is 0 Å². The zero-order valence-electron chi connectivity index (χ0n) is 16.7. The number of ether oxygens (including phenoxy) is 1. The van der Waals surface area contributed by atoms with E-state index < -0.39 is 12.0 Å². The molecule has 0 radical (unpaired) electrons. The molecule has 0 bridgehead atoms. The third-order valence-electron chi connectivity index (χ3n) is 6.41. The summed E-state index contributed by atoms with van der Waals surface area (Å²) in [7, 11) is 0. The summed E-state index contributed by atoms with van der Waals surface area (Å²) < 4.78 is 11.5. The number of primary amides is 1. The van der Waals surface area contributed by atoms with Crippen LogP contribution in [-0.4, -0.2) is 50.8 Å². The third-order valence-corrected chi connectivity index (χ3v) is 6.41. The van der Waals surface area contributed by atoms with E-state index in [4.69, 9.17) is 15.0 Å². The van der Waals surface area contributed by atoms with Gasteiger partial charge in [-0.05, 0) is 54.3 Å². The second-order valence-corrected chi connectivity index (χ2v) is 8.27. The molecule has 2 aliphatic rings. The Balaban J connectivity index is 1.31. The number of hydrogen-bond acceptors (Lipinski definition) is 6. The van der Waals surface area contributed by atoms with Crippen molar-refractivity contribution < 1.29 is 24.0 Å². The first-order valence-corrected chi connectivity index (χ1v) is 10.2. The van der Waals surface area contributed by atoms with Crippen LogP contribution in [0.4, 0.5) is 4.79 Å². The van der Waals surface area contributed by atoms with Crippen molar-refractivity contribution >= 4 is 22.8 Å². The summed E-state index contributed by atoms with van der Waals surface area (Å²) in [6.07, 6.45) is 4.54. The predicted octanol–water partition coefficient (Wildman–Crippen LogP) is 2.70. The van der Waals surface area contributed by atoms with Gasteiger partial charge in [-0.15, -0.1) is 0 Å². The second-order valence-electron chi connectivity index (χ2n) is 8.27. The standard InChI is InChI=1S/C22H22N4O5/c23-21(27)19-8-17(31-25-19)9-20-18-7-16(6-14(18)11-26(20)22(28)29)30-15-2-1-13-10-24-4-3-12(13)5-15/h1-5,8,10,14,16,18,20H,6-7,9,11H2,(H2,23,27)(H,28,29)/t14-,16-,18-,20?/m0/s1. The smallest absolute Gasteiger partial charge is 0.407 e. The van der Waals surface area contributed by atoms with E-state index in [0.717, 1.165) is 29.4 Å². The molecule has 5 rings (SSSR count). The zero-order chi connectivity index (χ0) is 21.5. The first-order valence-electron chi connectivity index (χ1n) is 10.2. The fourth-order valence-electron chi connectivity index (χ4n) is 5.04. The van der Waals surface area contributed by atoms with Crippen LogP contribution >= 0.6 is 0 Å². The Hall–Kier alpha value is -3.62. The fraction of sp³-hybridized carbons (Fsp3) is 0.364. The first-order chi connectivity index (χ1) is 15.0. The Kier molecular flexibility index (Phi) is 4.72. The molecule has 31 heavy (non-hydrogen) atoms. The topological polar surface area (TPSA) is 132 Å². The van der Waals surface area contributed by atoms with E-state index in [9.17, 15) is 14.7 Å². The van der Waals surface area contributed by atoms with Crippen molar-refractivity contribution in [3.05, 3.63) is 54.2 Å². The molecule has 3 heterocycles. The zero-order valence-corrected chi connectivity index (χ0v) is 16.7. The number of nitrogens with zero attached hydrogens (tertiary/aromatic N) is 3. The highest BCUT2D eigenvalue weighted by Crippen LogP contribution is 2.44. The number of amides is 2. The molecule has 1 saturated heterocycles. The van der Waals surface area contributed by atoms with Crippen molar-refractivity contribution in [2.24, 2.45) is 17.6 Å². The van der Waals surface area contributed by atoms with Gasteiger partial charge in [0, 0.05) is 42.9 Å². The molecule has 2 fully saturated rings. The summed E-state index contributed by atoms with van der Waals surface area (Å²) in [5, 5.41) is 15.5. The van der Waals surface area contributed by atoms with Crippen LogP contribution in [0.3, 0.4) is 0 Å². The van der Waals surface area contributed by atoms with Gasteiger partial charge >= 0.3 is 6.09 Å². The quantitative estimate of drug-likeness (QED) is 0.646. The number of carbonyl (C=O) groups excluding carboxylic acids is 1. The van der Waals surface area contributed by atoms with Gasteiger partial charge < -0.3 is 25.0 Å². The molecule has 1 unspecified atom stereocenters. The van der Waals surface area contributed by atoms with Crippen molar-refractivity contribution in [1.29, 1.82) is 0 Å². The van der Waals surface area contributed by atoms with Crippen LogP contribution < -0.4 is 10.5 Å². The second kappa shape index (κ2) is 7.57. The number of aromatic nitrogens is 2. The van der Waals surface area contributed by atoms with Gasteiger partial charge in [0.1, 0.15) is 11.5 Å². The Bertz CT molecular complexity index is 1150. The number of hydrogen-bond donors (Lipinski definition) is 2. The molecular formula is C22H22N4O5. The van der Waals surface area contributed by atoms with Crippen LogP contribution in [0.2, 0.25) is 0 Å². The van der Waals surface area contributed by atoms with Crippen LogP contribution in [0.5, 0.6) is 5.75 Å². The number of rotatable bonds is 5. The van der Waals surface area contributed by atoms with Crippen molar-refractivity contribution in [2.75, 3.05) is 6.54 Å². The molecule has 4 atom stereocenters. The highest BCUT2D eigenvalue weighted by molar-refractivity contribution is 5.90. The van der Waals surface area contributed by atoms with E-state index in [1.165, 1.54) is 11.0 Å². The molecule has 2 aromatic heterocycles. The largest absolute Gasteiger partial charge is 0.490 e. The molecule has 1 saturated carbocycles. The van der Waals surface area contributed by atoms with Crippen LogP contribution in [0.1, 0.15) is 29.1 Å². The third kappa shape index (κ3) is 3.67. The van der Waals surface area contributed by atoms with E-state index in [1.54, 1.807) is 6.20 Å². The van der Waals surface area contributed by atoms with Crippen LogP contribution in [0.15, 0.2) is 47.2 Å². The van der Waals surface area contributed by atoms with Crippen molar-refractivity contribution in [3.8, 4) is 5.75 Å². The van der Waals surface area contributed by atoms with Gasteiger partial charge in [-0.3, -0.25) is 9.78 Å². The van der Waals surface area contributed by atoms with Crippen LogP contribution in [0.25, 0.3) is 10.8 Å². The number of carbonyl (C=O) groups is 2. The number of benzene rings is 1. The van der Waals surface area contributed by atoms with Crippen LogP contribution in [-0.2, 0) is 6.42 Å². The summed E-state index contributed by atoms with van der Waals surface area (Å²) in [6.45, 7) is 0.463. The van der Waals surface area contributed by atoms with E-state index in [0.29, 0.717) is 18.7 Å². The summed E-state index contributed by atoms with van der Waals surface area (Å²) in [5.74, 6) is 0.951. The fourth-order valence-corrected chi connectivity index (χ4v) is 5.04. The van der Waals surface area contributed by atoms with Crippen LogP contribution in [0, 0.1) is 11.8 Å². The molecule has 1 aliphatic carbocycles. The predicted molar refractivity (Wildman–Crippen MR) is 110 cm³/mol. The maximum atomic E-state index is 11.8. The number of carboxylic acid groups (broad SMARTS) is 1. The van der Waals surface area contributed by atoms with E-state index in [-0.39, 0.29) is 29.7 Å². The normalized spacial score (nSPS) is 25.0. The molecule has 2 amide bonds. The van der Waals surface area contributed by atoms with Gasteiger partial charge in [-0.25, -0.2) is 4.79 Å². The minimum Gasteiger partial charge on any atom is -0.490 e. The van der Waals surface area contributed by atoms with Gasteiger partial charge in [0.2, 0.25) is 0 Å². The monoisotopic (exact) mass is 422 g/mol. The minimum absolute atomic E-state index is 0.0173. The molecule has 1 aromatic carbocycles. The Morgan fingerprint density at radius 3 is 2.87 bits per heavy atom. The van der Waals surface area contributed by atoms with E-state index in [1.807, 2.05) is 30.5 Å². The molecule has 3 N–H and O–H groups in total.